The molecular formula is C18H23N5OS. The summed E-state index contributed by atoms with van der Waals surface area (Å²) in [6.07, 6.45) is 5.10. The second-order valence-corrected chi connectivity index (χ2v) is 7.85. The highest BCUT2D eigenvalue weighted by molar-refractivity contribution is 7.09. The van der Waals surface area contributed by atoms with Crippen LogP contribution in [0.4, 0.5) is 11.6 Å². The van der Waals surface area contributed by atoms with Gasteiger partial charge in [0, 0.05) is 43.0 Å². The first-order valence-electron chi connectivity index (χ1n) is 8.85. The van der Waals surface area contributed by atoms with Crippen LogP contribution in [-0.2, 0) is 11.2 Å². The minimum atomic E-state index is 0.317. The Labute approximate surface area is 151 Å². The number of anilines is 2. The van der Waals surface area contributed by atoms with Gasteiger partial charge in [0.15, 0.2) is 0 Å². The number of nitrogen functional groups attached to an aromatic ring is 1. The Hall–Kier alpha value is -2.15. The van der Waals surface area contributed by atoms with Crippen molar-refractivity contribution in [3.8, 4) is 0 Å². The van der Waals surface area contributed by atoms with Crippen molar-refractivity contribution in [3.05, 3.63) is 34.8 Å². The van der Waals surface area contributed by atoms with Crippen molar-refractivity contribution in [2.45, 2.75) is 31.7 Å². The summed E-state index contributed by atoms with van der Waals surface area (Å²) >= 11 is 1.77. The van der Waals surface area contributed by atoms with Crippen molar-refractivity contribution in [2.75, 3.05) is 30.3 Å². The maximum absolute atomic E-state index is 12.5. The van der Waals surface area contributed by atoms with Gasteiger partial charge in [-0.25, -0.2) is 9.97 Å². The molecule has 0 spiro atoms. The van der Waals surface area contributed by atoms with E-state index in [1.54, 1.807) is 11.3 Å². The van der Waals surface area contributed by atoms with E-state index in [0.29, 0.717) is 30.1 Å². The summed E-state index contributed by atoms with van der Waals surface area (Å²) < 4.78 is 0. The van der Waals surface area contributed by atoms with E-state index in [4.69, 9.17) is 5.73 Å². The van der Waals surface area contributed by atoms with Gasteiger partial charge < -0.3 is 15.5 Å². The first-order chi connectivity index (χ1) is 12.2. The van der Waals surface area contributed by atoms with E-state index >= 15 is 0 Å². The van der Waals surface area contributed by atoms with Gasteiger partial charge in [0.1, 0.15) is 18.0 Å². The number of likely N-dealkylation sites (tertiary alicyclic amines) is 1. The van der Waals surface area contributed by atoms with E-state index in [1.165, 1.54) is 11.2 Å². The van der Waals surface area contributed by atoms with Gasteiger partial charge in [0.2, 0.25) is 5.91 Å². The Morgan fingerprint density at radius 3 is 3.04 bits per heavy atom. The number of hydrogen-bond donors (Lipinski definition) is 1. The van der Waals surface area contributed by atoms with E-state index in [2.05, 4.69) is 37.3 Å². The molecule has 2 saturated heterocycles. The first-order valence-corrected chi connectivity index (χ1v) is 9.73. The van der Waals surface area contributed by atoms with Crippen LogP contribution in [0.15, 0.2) is 29.9 Å². The van der Waals surface area contributed by atoms with Crippen LogP contribution in [0.2, 0.25) is 0 Å². The van der Waals surface area contributed by atoms with Crippen molar-refractivity contribution >= 4 is 28.9 Å². The fourth-order valence-electron chi connectivity index (χ4n) is 4.07. The van der Waals surface area contributed by atoms with Crippen LogP contribution < -0.4 is 10.6 Å². The lowest BCUT2D eigenvalue weighted by molar-refractivity contribution is -0.139. The van der Waals surface area contributed by atoms with Crippen LogP contribution in [0.1, 0.15) is 24.1 Å². The van der Waals surface area contributed by atoms with Gasteiger partial charge in [-0.1, -0.05) is 6.07 Å². The van der Waals surface area contributed by atoms with E-state index in [0.717, 1.165) is 44.7 Å². The minimum Gasteiger partial charge on any atom is -0.384 e. The second kappa shape index (κ2) is 7.00. The summed E-state index contributed by atoms with van der Waals surface area (Å²) in [5.41, 5.74) is 5.79. The molecule has 1 amide bonds. The molecule has 2 aromatic rings. The number of nitrogens with zero attached hydrogens (tertiary/aromatic N) is 4. The molecular weight excluding hydrogens is 334 g/mol. The van der Waals surface area contributed by atoms with E-state index in [-0.39, 0.29) is 0 Å². The van der Waals surface area contributed by atoms with Gasteiger partial charge in [-0.15, -0.1) is 11.3 Å². The number of thiophene rings is 1. The number of carbonyl (C=O) groups is 1. The normalized spacial score (nSPS) is 23.6. The van der Waals surface area contributed by atoms with E-state index in [9.17, 15) is 4.79 Å². The molecule has 2 fully saturated rings. The second-order valence-electron chi connectivity index (χ2n) is 6.82. The molecule has 0 radical (unpaired) electrons. The smallest absolute Gasteiger partial charge is 0.222 e. The summed E-state index contributed by atoms with van der Waals surface area (Å²) in [6, 6.07) is 6.42. The fraction of sp³-hybridized carbons (Fsp3) is 0.500. The zero-order chi connectivity index (χ0) is 17.2. The number of rotatable bonds is 4. The Balaban J connectivity index is 1.44. The number of piperidine rings is 2. The molecule has 132 valence electrons. The van der Waals surface area contributed by atoms with Gasteiger partial charge in [-0.2, -0.15) is 0 Å². The van der Waals surface area contributed by atoms with Crippen LogP contribution in [0.25, 0.3) is 0 Å². The monoisotopic (exact) mass is 357 g/mol. The molecule has 25 heavy (non-hydrogen) atoms. The molecule has 0 unspecified atom stereocenters. The van der Waals surface area contributed by atoms with Crippen molar-refractivity contribution in [3.63, 3.8) is 0 Å². The molecule has 0 aliphatic carbocycles. The van der Waals surface area contributed by atoms with E-state index < -0.39 is 0 Å². The topological polar surface area (TPSA) is 75.3 Å². The maximum Gasteiger partial charge on any atom is 0.222 e. The highest BCUT2D eigenvalue weighted by Crippen LogP contribution is 2.33. The lowest BCUT2D eigenvalue weighted by Gasteiger charge is -2.47. The molecule has 0 aromatic carbocycles. The maximum atomic E-state index is 12.5. The van der Waals surface area contributed by atoms with Crippen molar-refractivity contribution in [1.82, 2.24) is 14.9 Å². The van der Waals surface area contributed by atoms with Gasteiger partial charge in [0.25, 0.3) is 0 Å². The standard InChI is InChI=1S/C18H23N5OS/c19-16-10-17(21-12-20-16)22-7-6-15-13(11-22)3-4-18(24)23(15)8-5-14-2-1-9-25-14/h1-2,9-10,12-13,15H,3-8,11H2,(H2,19,20,21)/t13-,15+/m0/s1. The van der Waals surface area contributed by atoms with Gasteiger partial charge in [0.05, 0.1) is 0 Å². The number of fused-ring (bicyclic) bond motifs is 1. The molecule has 2 aliphatic rings. The number of hydrogen-bond acceptors (Lipinski definition) is 6. The molecule has 2 atom stereocenters. The number of carbonyl (C=O) groups excluding carboxylic acids is 1. The van der Waals surface area contributed by atoms with Crippen molar-refractivity contribution in [1.29, 1.82) is 0 Å². The molecule has 2 aliphatic heterocycles. The minimum absolute atomic E-state index is 0.317. The molecule has 7 heteroatoms. The van der Waals surface area contributed by atoms with Gasteiger partial charge in [-0.05, 0) is 36.6 Å². The van der Waals surface area contributed by atoms with Crippen molar-refractivity contribution in [2.24, 2.45) is 5.92 Å². The lowest BCUT2D eigenvalue weighted by Crippen LogP contribution is -2.56. The van der Waals surface area contributed by atoms with Crippen LogP contribution >= 0.6 is 11.3 Å². The Kier molecular flexibility index (Phi) is 4.57. The summed E-state index contributed by atoms with van der Waals surface area (Å²) in [5, 5.41) is 2.10. The predicted octanol–water partition coefficient (Wildman–Crippen LogP) is 2.18. The number of aromatic nitrogens is 2. The number of amides is 1. The molecule has 6 nitrogen and oxygen atoms in total. The Morgan fingerprint density at radius 1 is 1.32 bits per heavy atom. The summed E-state index contributed by atoms with van der Waals surface area (Å²) in [6.45, 7) is 2.67. The molecule has 4 rings (SSSR count). The largest absolute Gasteiger partial charge is 0.384 e. The number of nitrogens with two attached hydrogens (primary N) is 1. The molecule has 2 aromatic heterocycles. The highest BCUT2D eigenvalue weighted by atomic mass is 32.1. The zero-order valence-electron chi connectivity index (χ0n) is 14.2. The predicted molar refractivity (Wildman–Crippen MR) is 99.5 cm³/mol. The molecule has 0 bridgehead atoms. The van der Waals surface area contributed by atoms with Gasteiger partial charge >= 0.3 is 0 Å². The quantitative estimate of drug-likeness (QED) is 0.908. The average molecular weight is 357 g/mol. The highest BCUT2D eigenvalue weighted by Gasteiger charge is 2.39. The lowest BCUT2D eigenvalue weighted by atomic mass is 9.83. The average Bonchev–Trinajstić information content (AvgIpc) is 3.14. The fourth-order valence-corrected chi connectivity index (χ4v) is 4.77. The Bertz CT molecular complexity index is 735. The molecule has 4 heterocycles. The SMILES string of the molecule is Nc1cc(N2CC[C@@H]3[C@@H](CCC(=O)N3CCc3cccs3)C2)ncn1. The zero-order valence-corrected chi connectivity index (χ0v) is 15.0. The van der Waals surface area contributed by atoms with Gasteiger partial charge in [-0.3, -0.25) is 4.79 Å². The molecule has 0 saturated carbocycles. The van der Waals surface area contributed by atoms with E-state index in [1.807, 2.05) is 6.07 Å². The first kappa shape index (κ1) is 16.3. The van der Waals surface area contributed by atoms with Crippen LogP contribution in [0.5, 0.6) is 0 Å². The summed E-state index contributed by atoms with van der Waals surface area (Å²) in [4.78, 5) is 26.6. The Morgan fingerprint density at radius 2 is 2.24 bits per heavy atom. The summed E-state index contributed by atoms with van der Waals surface area (Å²) in [7, 11) is 0. The van der Waals surface area contributed by atoms with Crippen molar-refractivity contribution < 1.29 is 4.79 Å². The molecule has 2 N–H and O–H groups in total. The van der Waals surface area contributed by atoms with Crippen LogP contribution in [-0.4, -0.2) is 46.5 Å². The third kappa shape index (κ3) is 3.46. The van der Waals surface area contributed by atoms with Crippen LogP contribution in [0.3, 0.4) is 0 Å². The third-order valence-electron chi connectivity index (χ3n) is 5.32. The van der Waals surface area contributed by atoms with Crippen LogP contribution in [0, 0.1) is 5.92 Å². The summed E-state index contributed by atoms with van der Waals surface area (Å²) in [5.74, 6) is 2.22. The third-order valence-corrected chi connectivity index (χ3v) is 6.26.